The zero-order valence-corrected chi connectivity index (χ0v) is 13.5. The molecular weight excluding hydrogens is 296 g/mol. The highest BCUT2D eigenvalue weighted by atomic mass is 32.2. The molecule has 0 heterocycles. The van der Waals surface area contributed by atoms with Gasteiger partial charge in [0.1, 0.15) is 4.99 Å². The normalized spacial score (nSPS) is 13.2. The molecule has 0 radical (unpaired) electrons. The van der Waals surface area contributed by atoms with Crippen molar-refractivity contribution in [2.75, 3.05) is 13.7 Å². The molecule has 7 heteroatoms. The zero-order valence-electron chi connectivity index (χ0n) is 11.8. The lowest BCUT2D eigenvalue weighted by molar-refractivity contribution is 0.188. The van der Waals surface area contributed by atoms with Crippen LogP contribution in [0.3, 0.4) is 0 Å². The molecule has 1 atom stereocenters. The molecule has 0 saturated heterocycles. The predicted molar refractivity (Wildman–Crippen MR) is 83.3 cm³/mol. The maximum absolute atomic E-state index is 12.2. The van der Waals surface area contributed by atoms with Crippen molar-refractivity contribution >= 4 is 27.2 Å². The van der Waals surface area contributed by atoms with E-state index in [0.717, 1.165) is 5.56 Å². The third-order valence-electron chi connectivity index (χ3n) is 2.88. The fraction of sp³-hybridized carbons (Fsp3) is 0.462. The Bertz CT molecular complexity index is 585. The molecule has 0 aliphatic rings. The molecule has 0 saturated carbocycles. The number of ether oxygens (including phenoxy) is 1. The van der Waals surface area contributed by atoms with Gasteiger partial charge in [-0.05, 0) is 38.0 Å². The second-order valence-electron chi connectivity index (χ2n) is 4.64. The van der Waals surface area contributed by atoms with Crippen LogP contribution in [0.25, 0.3) is 0 Å². The predicted octanol–water partition coefficient (Wildman–Crippen LogP) is 1.33. The summed E-state index contributed by atoms with van der Waals surface area (Å²) in [4.78, 5) is 0.465. The van der Waals surface area contributed by atoms with Gasteiger partial charge in [-0.25, -0.2) is 13.1 Å². The fourth-order valence-corrected chi connectivity index (χ4v) is 3.36. The van der Waals surface area contributed by atoms with E-state index in [0.29, 0.717) is 18.6 Å². The number of sulfonamides is 1. The summed E-state index contributed by atoms with van der Waals surface area (Å²) in [7, 11) is -1.96. The van der Waals surface area contributed by atoms with E-state index >= 15 is 0 Å². The summed E-state index contributed by atoms with van der Waals surface area (Å²) < 4.78 is 32.0. The number of hydrogen-bond acceptors (Lipinski definition) is 4. The third-order valence-corrected chi connectivity index (χ3v) is 4.69. The topological polar surface area (TPSA) is 81.4 Å². The van der Waals surface area contributed by atoms with Gasteiger partial charge in [0.25, 0.3) is 0 Å². The smallest absolute Gasteiger partial charge is 0.240 e. The van der Waals surface area contributed by atoms with Gasteiger partial charge in [-0.1, -0.05) is 18.3 Å². The van der Waals surface area contributed by atoms with E-state index in [9.17, 15) is 8.42 Å². The zero-order chi connectivity index (χ0) is 15.3. The van der Waals surface area contributed by atoms with E-state index in [1.165, 1.54) is 6.07 Å². The van der Waals surface area contributed by atoms with Crippen LogP contribution in [0.4, 0.5) is 0 Å². The molecule has 112 valence electrons. The van der Waals surface area contributed by atoms with Crippen molar-refractivity contribution in [3.05, 3.63) is 29.3 Å². The van der Waals surface area contributed by atoms with Gasteiger partial charge in [0.15, 0.2) is 0 Å². The first-order valence-corrected chi connectivity index (χ1v) is 8.09. The first-order valence-electron chi connectivity index (χ1n) is 6.19. The molecular formula is C13H20N2O3S2. The van der Waals surface area contributed by atoms with Gasteiger partial charge in [0.2, 0.25) is 10.0 Å². The Kier molecular flexibility index (Phi) is 6.07. The average molecular weight is 316 g/mol. The van der Waals surface area contributed by atoms with Crippen molar-refractivity contribution in [2.45, 2.75) is 31.2 Å². The summed E-state index contributed by atoms with van der Waals surface area (Å²) in [6.45, 7) is 4.08. The molecule has 0 aromatic heterocycles. The van der Waals surface area contributed by atoms with Crippen LogP contribution in [-0.2, 0) is 14.8 Å². The lowest BCUT2D eigenvalue weighted by atomic mass is 10.1. The summed E-state index contributed by atoms with van der Waals surface area (Å²) in [5.74, 6) is 0. The van der Waals surface area contributed by atoms with Gasteiger partial charge < -0.3 is 10.5 Å². The Morgan fingerprint density at radius 2 is 2.15 bits per heavy atom. The van der Waals surface area contributed by atoms with Crippen LogP contribution in [0.5, 0.6) is 0 Å². The maximum atomic E-state index is 12.2. The minimum atomic E-state index is -3.54. The average Bonchev–Trinajstić information content (AvgIpc) is 2.35. The van der Waals surface area contributed by atoms with Crippen LogP contribution in [0.2, 0.25) is 0 Å². The Morgan fingerprint density at radius 3 is 2.65 bits per heavy atom. The Morgan fingerprint density at radius 1 is 1.50 bits per heavy atom. The fourth-order valence-electron chi connectivity index (χ4n) is 1.77. The monoisotopic (exact) mass is 316 g/mol. The van der Waals surface area contributed by atoms with Gasteiger partial charge in [-0.3, -0.25) is 0 Å². The molecule has 3 N–H and O–H groups in total. The minimum absolute atomic E-state index is 0.199. The molecule has 0 aliphatic heterocycles. The molecule has 5 nitrogen and oxygen atoms in total. The van der Waals surface area contributed by atoms with Crippen LogP contribution in [0.15, 0.2) is 23.1 Å². The van der Waals surface area contributed by atoms with E-state index in [2.05, 4.69) is 4.72 Å². The Labute approximate surface area is 125 Å². The maximum Gasteiger partial charge on any atom is 0.240 e. The molecule has 1 aromatic carbocycles. The second kappa shape index (κ2) is 7.12. The summed E-state index contributed by atoms with van der Waals surface area (Å²) in [5.41, 5.74) is 6.99. The van der Waals surface area contributed by atoms with Gasteiger partial charge in [-0.15, -0.1) is 0 Å². The largest absolute Gasteiger partial charge is 0.389 e. The van der Waals surface area contributed by atoms with E-state index in [4.69, 9.17) is 22.7 Å². The highest BCUT2D eigenvalue weighted by Gasteiger charge is 2.18. The molecule has 0 bridgehead atoms. The van der Waals surface area contributed by atoms with E-state index in [1.807, 2.05) is 0 Å². The number of aryl methyl sites for hydroxylation is 1. The number of hydrogen-bond donors (Lipinski definition) is 2. The van der Waals surface area contributed by atoms with Crippen molar-refractivity contribution in [3.8, 4) is 0 Å². The first-order chi connectivity index (χ1) is 9.27. The van der Waals surface area contributed by atoms with Crippen molar-refractivity contribution in [1.29, 1.82) is 0 Å². The van der Waals surface area contributed by atoms with Crippen LogP contribution in [0.1, 0.15) is 24.5 Å². The standard InChI is InChI=1S/C13H20N2O3S2/c1-9-8-11(4-5-12(9)13(14)19)20(16,17)15-10(2)6-7-18-3/h4-5,8,10,15H,6-7H2,1-3H3,(H2,14,19). The van der Waals surface area contributed by atoms with E-state index in [1.54, 1.807) is 33.1 Å². The highest BCUT2D eigenvalue weighted by molar-refractivity contribution is 7.89. The summed E-state index contributed by atoms with van der Waals surface area (Å²) >= 11 is 4.90. The number of nitrogens with two attached hydrogens (primary N) is 1. The third kappa shape index (κ3) is 4.52. The Balaban J connectivity index is 2.93. The summed E-state index contributed by atoms with van der Waals surface area (Å²) in [6, 6.07) is 4.51. The lowest BCUT2D eigenvalue weighted by Crippen LogP contribution is -2.33. The van der Waals surface area contributed by atoms with Gasteiger partial charge in [-0.2, -0.15) is 0 Å². The summed E-state index contributed by atoms with van der Waals surface area (Å²) in [5, 5.41) is 0. The van der Waals surface area contributed by atoms with Crippen molar-refractivity contribution in [3.63, 3.8) is 0 Å². The second-order valence-corrected chi connectivity index (χ2v) is 6.80. The number of thiocarbonyl (C=S) groups is 1. The van der Waals surface area contributed by atoms with Crippen molar-refractivity contribution < 1.29 is 13.2 Å². The molecule has 0 spiro atoms. The SMILES string of the molecule is COCCC(C)NS(=O)(=O)c1ccc(C(N)=S)c(C)c1. The number of nitrogens with one attached hydrogen (secondary N) is 1. The van der Waals surface area contributed by atoms with Crippen LogP contribution in [-0.4, -0.2) is 33.2 Å². The van der Waals surface area contributed by atoms with Gasteiger partial charge in [0, 0.05) is 25.3 Å². The van der Waals surface area contributed by atoms with E-state index in [-0.39, 0.29) is 15.9 Å². The molecule has 1 unspecified atom stereocenters. The molecule has 0 amide bonds. The molecule has 1 rings (SSSR count). The number of methoxy groups -OCH3 is 1. The lowest BCUT2D eigenvalue weighted by Gasteiger charge is -2.14. The first kappa shape index (κ1) is 17.0. The highest BCUT2D eigenvalue weighted by Crippen LogP contribution is 2.16. The van der Waals surface area contributed by atoms with Crippen LogP contribution < -0.4 is 10.5 Å². The van der Waals surface area contributed by atoms with Crippen molar-refractivity contribution in [1.82, 2.24) is 4.72 Å². The van der Waals surface area contributed by atoms with Gasteiger partial charge in [0.05, 0.1) is 4.90 Å². The molecule has 0 aliphatic carbocycles. The molecule has 20 heavy (non-hydrogen) atoms. The van der Waals surface area contributed by atoms with Gasteiger partial charge >= 0.3 is 0 Å². The van der Waals surface area contributed by atoms with Crippen LogP contribution >= 0.6 is 12.2 Å². The summed E-state index contributed by atoms with van der Waals surface area (Å²) in [6.07, 6.45) is 0.611. The Hall–Kier alpha value is -1.02. The number of rotatable bonds is 7. The van der Waals surface area contributed by atoms with E-state index < -0.39 is 10.0 Å². The number of benzene rings is 1. The molecule has 1 aromatic rings. The van der Waals surface area contributed by atoms with Crippen molar-refractivity contribution in [2.24, 2.45) is 5.73 Å². The quantitative estimate of drug-likeness (QED) is 0.742. The molecule has 0 fully saturated rings. The minimum Gasteiger partial charge on any atom is -0.389 e. The van der Waals surface area contributed by atoms with Crippen LogP contribution in [0, 0.1) is 6.92 Å².